The molecule has 0 unspecified atom stereocenters. The average Bonchev–Trinajstić information content (AvgIpc) is 2.70. The van der Waals surface area contributed by atoms with Crippen molar-refractivity contribution in [3.8, 4) is 6.07 Å². The number of nitrogens with two attached hydrogens (primary N) is 1. The molecule has 0 bridgehead atoms. The summed E-state index contributed by atoms with van der Waals surface area (Å²) in [5.41, 5.74) is 6.22. The molecule has 0 radical (unpaired) electrons. The molecule has 2 heterocycles. The van der Waals surface area contributed by atoms with Gasteiger partial charge in [0.15, 0.2) is 5.82 Å². The molecule has 1 fully saturated rings. The number of nitrogen functional groups attached to an aromatic ring is 1. The summed E-state index contributed by atoms with van der Waals surface area (Å²) in [5.74, 6) is 1.21. The van der Waals surface area contributed by atoms with Crippen LogP contribution in [0.2, 0.25) is 0 Å². The molecule has 1 aromatic heterocycles. The van der Waals surface area contributed by atoms with Gasteiger partial charge >= 0.3 is 0 Å². The third-order valence-electron chi connectivity index (χ3n) is 3.29. The van der Waals surface area contributed by atoms with E-state index < -0.39 is 0 Å². The van der Waals surface area contributed by atoms with Gasteiger partial charge in [0, 0.05) is 13.1 Å². The Hall–Kier alpha value is -1.28. The quantitative estimate of drug-likeness (QED) is 0.855. The van der Waals surface area contributed by atoms with Crippen LogP contribution in [-0.2, 0) is 0 Å². The molecular weight excluding hydrogens is 220 g/mol. The van der Waals surface area contributed by atoms with Gasteiger partial charge in [0.2, 0.25) is 0 Å². The first-order valence-corrected chi connectivity index (χ1v) is 6.43. The topological polar surface area (TPSA) is 65.9 Å². The van der Waals surface area contributed by atoms with Gasteiger partial charge in [-0.2, -0.15) is 9.64 Å². The Kier molecular flexibility index (Phi) is 3.30. The second kappa shape index (κ2) is 4.71. The normalized spacial score (nSPS) is 17.4. The average molecular weight is 236 g/mol. The van der Waals surface area contributed by atoms with Crippen molar-refractivity contribution in [1.29, 1.82) is 5.26 Å². The molecule has 2 N–H and O–H groups in total. The van der Waals surface area contributed by atoms with Crippen molar-refractivity contribution in [2.24, 2.45) is 5.92 Å². The van der Waals surface area contributed by atoms with E-state index in [-0.39, 0.29) is 0 Å². The highest BCUT2D eigenvalue weighted by atomic mass is 32.1. The maximum absolute atomic E-state index is 9.03. The number of nitrogens with zero attached hydrogens (tertiary/aromatic N) is 3. The van der Waals surface area contributed by atoms with Crippen LogP contribution in [0.1, 0.15) is 31.7 Å². The minimum Gasteiger partial charge on any atom is -0.382 e. The van der Waals surface area contributed by atoms with E-state index in [1.807, 2.05) is 0 Å². The lowest BCUT2D eigenvalue weighted by Gasteiger charge is -2.31. The van der Waals surface area contributed by atoms with E-state index in [4.69, 9.17) is 11.0 Å². The van der Waals surface area contributed by atoms with Gasteiger partial charge in [-0.15, -0.1) is 0 Å². The molecule has 5 heteroatoms. The van der Waals surface area contributed by atoms with E-state index in [1.165, 1.54) is 30.8 Å². The number of piperidine rings is 1. The summed E-state index contributed by atoms with van der Waals surface area (Å²) in [4.78, 5) is 2.25. The molecule has 1 aromatic rings. The van der Waals surface area contributed by atoms with Crippen LogP contribution in [0.3, 0.4) is 0 Å². The fourth-order valence-corrected chi connectivity index (χ4v) is 2.97. The molecule has 1 aliphatic rings. The highest BCUT2D eigenvalue weighted by Gasteiger charge is 2.22. The minimum atomic E-state index is 0.375. The Labute approximate surface area is 99.8 Å². The molecule has 4 nitrogen and oxygen atoms in total. The van der Waals surface area contributed by atoms with Crippen molar-refractivity contribution < 1.29 is 0 Å². The van der Waals surface area contributed by atoms with Crippen molar-refractivity contribution in [2.45, 2.75) is 26.2 Å². The molecular formula is C11H16N4S. The van der Waals surface area contributed by atoms with Gasteiger partial charge in [-0.05, 0) is 30.3 Å². The lowest BCUT2D eigenvalue weighted by Crippen LogP contribution is -2.33. The smallest absolute Gasteiger partial charge is 0.157 e. The Bertz CT molecular complexity index is 399. The number of anilines is 2. The van der Waals surface area contributed by atoms with Crippen LogP contribution in [0.25, 0.3) is 0 Å². The summed E-state index contributed by atoms with van der Waals surface area (Å²) >= 11 is 1.34. The Morgan fingerprint density at radius 3 is 2.81 bits per heavy atom. The molecule has 1 aliphatic heterocycles. The molecule has 0 aliphatic carbocycles. The second-order valence-corrected chi connectivity index (χ2v) is 4.95. The third-order valence-corrected chi connectivity index (χ3v) is 4.21. The van der Waals surface area contributed by atoms with Gasteiger partial charge in [0.1, 0.15) is 16.6 Å². The van der Waals surface area contributed by atoms with E-state index in [0.29, 0.717) is 11.4 Å². The summed E-state index contributed by atoms with van der Waals surface area (Å²) < 4.78 is 4.06. The maximum Gasteiger partial charge on any atom is 0.157 e. The van der Waals surface area contributed by atoms with Crippen molar-refractivity contribution >= 4 is 22.4 Å². The van der Waals surface area contributed by atoms with E-state index in [9.17, 15) is 0 Å². The van der Waals surface area contributed by atoms with Crippen LogP contribution >= 0.6 is 11.5 Å². The van der Waals surface area contributed by atoms with Crippen LogP contribution in [0.4, 0.5) is 10.8 Å². The monoisotopic (exact) mass is 236 g/mol. The van der Waals surface area contributed by atoms with Gasteiger partial charge in [0.05, 0.1) is 0 Å². The first kappa shape index (κ1) is 11.2. The summed E-state index contributed by atoms with van der Waals surface area (Å²) in [7, 11) is 0. The van der Waals surface area contributed by atoms with Gasteiger partial charge in [-0.1, -0.05) is 13.3 Å². The Morgan fingerprint density at radius 1 is 1.56 bits per heavy atom. The molecule has 16 heavy (non-hydrogen) atoms. The molecule has 0 spiro atoms. The number of nitriles is 1. The summed E-state index contributed by atoms with van der Waals surface area (Å²) in [5, 5.41) is 9.98. The highest BCUT2D eigenvalue weighted by molar-refractivity contribution is 7.10. The van der Waals surface area contributed by atoms with Gasteiger partial charge in [-0.25, -0.2) is 0 Å². The predicted octanol–water partition coefficient (Wildman–Crippen LogP) is 2.22. The predicted molar refractivity (Wildman–Crippen MR) is 66.5 cm³/mol. The Balaban J connectivity index is 2.12. The molecule has 2 rings (SSSR count). The first-order valence-electron chi connectivity index (χ1n) is 5.66. The molecule has 0 atom stereocenters. The zero-order valence-electron chi connectivity index (χ0n) is 9.44. The summed E-state index contributed by atoms with van der Waals surface area (Å²) in [6, 6.07) is 2.15. The fraction of sp³-hybridized carbons (Fsp3) is 0.636. The van der Waals surface area contributed by atoms with Crippen LogP contribution in [0.15, 0.2) is 0 Å². The standard InChI is InChI=1S/C11H16N4S/c1-2-8-3-5-15(6-4-8)11-9(7-12)10(13)14-16-11/h8H,2-6H2,1H3,(H2,13,14). The number of aromatic nitrogens is 1. The number of hydrogen-bond acceptors (Lipinski definition) is 5. The van der Waals surface area contributed by atoms with Crippen molar-refractivity contribution in [1.82, 2.24) is 4.37 Å². The number of hydrogen-bond donors (Lipinski definition) is 1. The lowest BCUT2D eigenvalue weighted by atomic mass is 9.94. The molecule has 86 valence electrons. The zero-order valence-corrected chi connectivity index (χ0v) is 10.3. The Morgan fingerprint density at radius 2 is 2.25 bits per heavy atom. The molecule has 1 saturated heterocycles. The van der Waals surface area contributed by atoms with Crippen molar-refractivity contribution in [3.63, 3.8) is 0 Å². The van der Waals surface area contributed by atoms with Crippen molar-refractivity contribution in [2.75, 3.05) is 23.7 Å². The van der Waals surface area contributed by atoms with Gasteiger partial charge in [0.25, 0.3) is 0 Å². The van der Waals surface area contributed by atoms with E-state index in [0.717, 1.165) is 24.0 Å². The van der Waals surface area contributed by atoms with Crippen LogP contribution in [0.5, 0.6) is 0 Å². The molecule has 0 saturated carbocycles. The van der Waals surface area contributed by atoms with Crippen LogP contribution in [-0.4, -0.2) is 17.5 Å². The highest BCUT2D eigenvalue weighted by Crippen LogP contribution is 2.33. The number of rotatable bonds is 2. The summed E-state index contributed by atoms with van der Waals surface area (Å²) in [6.45, 7) is 4.29. The van der Waals surface area contributed by atoms with Crippen molar-refractivity contribution in [3.05, 3.63) is 5.56 Å². The SMILES string of the molecule is CCC1CCN(c2snc(N)c2C#N)CC1. The van der Waals surface area contributed by atoms with E-state index in [1.54, 1.807) is 0 Å². The zero-order chi connectivity index (χ0) is 11.5. The lowest BCUT2D eigenvalue weighted by molar-refractivity contribution is 0.396. The third kappa shape index (κ3) is 1.98. The summed E-state index contributed by atoms with van der Waals surface area (Å²) in [6.07, 6.45) is 3.67. The van der Waals surface area contributed by atoms with Gasteiger partial charge < -0.3 is 10.6 Å². The maximum atomic E-state index is 9.03. The van der Waals surface area contributed by atoms with Gasteiger partial charge in [-0.3, -0.25) is 0 Å². The van der Waals surface area contributed by atoms with E-state index >= 15 is 0 Å². The van der Waals surface area contributed by atoms with Crippen LogP contribution < -0.4 is 10.6 Å². The second-order valence-electron chi connectivity index (χ2n) is 4.20. The largest absolute Gasteiger partial charge is 0.382 e. The van der Waals surface area contributed by atoms with Crippen LogP contribution in [0, 0.1) is 17.2 Å². The molecule has 0 aromatic carbocycles. The fourth-order valence-electron chi connectivity index (χ4n) is 2.16. The molecule has 0 amide bonds. The first-order chi connectivity index (χ1) is 7.76. The van der Waals surface area contributed by atoms with E-state index in [2.05, 4.69) is 22.3 Å². The minimum absolute atomic E-state index is 0.375.